The van der Waals surface area contributed by atoms with Gasteiger partial charge >= 0.3 is 0 Å². The van der Waals surface area contributed by atoms with Crippen LogP contribution in [0.2, 0.25) is 0 Å². The molecule has 0 unspecified atom stereocenters. The molecule has 0 aromatic heterocycles. The molecule has 5 heteroatoms. The number of halogens is 1. The molecule has 0 N–H and O–H groups in total. The Kier molecular flexibility index (Phi) is 7.10. The lowest BCUT2D eigenvalue weighted by atomic mass is 10.00. The first-order chi connectivity index (χ1) is 13.5. The molecule has 0 bridgehead atoms. The highest BCUT2D eigenvalue weighted by Crippen LogP contribution is 2.24. The van der Waals surface area contributed by atoms with Gasteiger partial charge in [-0.15, -0.1) is 0 Å². The molecule has 0 radical (unpaired) electrons. The number of piperidine rings is 1. The second-order valence-corrected chi connectivity index (χ2v) is 8.40. The first-order valence-electron chi connectivity index (χ1n) is 9.93. The molecule has 2 aromatic carbocycles. The molecule has 0 aliphatic carbocycles. The van der Waals surface area contributed by atoms with Gasteiger partial charge in [-0.2, -0.15) is 0 Å². The van der Waals surface area contributed by atoms with E-state index in [1.807, 2.05) is 65.3 Å². The van der Waals surface area contributed by atoms with Gasteiger partial charge in [-0.3, -0.25) is 9.59 Å². The Balaban J connectivity index is 1.70. The minimum atomic E-state index is 0.0839. The van der Waals surface area contributed by atoms with E-state index in [0.717, 1.165) is 46.1 Å². The average Bonchev–Trinajstić information content (AvgIpc) is 2.74. The summed E-state index contributed by atoms with van der Waals surface area (Å²) in [6.07, 6.45) is 2.58. The Hall–Kier alpha value is -1.89. The number of benzene rings is 2. The summed E-state index contributed by atoms with van der Waals surface area (Å²) in [7, 11) is 0. The van der Waals surface area contributed by atoms with Crippen LogP contribution in [-0.2, 0) is 0 Å². The van der Waals surface area contributed by atoms with Crippen LogP contribution in [0.25, 0.3) is 0 Å². The number of hydrogen-bond acceptors (Lipinski definition) is 2. The van der Waals surface area contributed by atoms with E-state index >= 15 is 0 Å². The first-order valence-corrected chi connectivity index (χ1v) is 11.0. The maximum absolute atomic E-state index is 13.3. The van der Waals surface area contributed by atoms with Crippen LogP contribution in [0.4, 0.5) is 0 Å². The van der Waals surface area contributed by atoms with E-state index in [1.54, 1.807) is 0 Å². The molecular weight excluding hydrogens is 463 g/mol. The van der Waals surface area contributed by atoms with Crippen LogP contribution in [0.3, 0.4) is 0 Å². The molecule has 1 aliphatic heterocycles. The van der Waals surface area contributed by atoms with Gasteiger partial charge in [0, 0.05) is 34.8 Å². The van der Waals surface area contributed by atoms with Crippen molar-refractivity contribution in [3.8, 4) is 0 Å². The third kappa shape index (κ3) is 4.57. The van der Waals surface area contributed by atoms with Gasteiger partial charge in [0.05, 0.1) is 5.56 Å². The summed E-state index contributed by atoms with van der Waals surface area (Å²) in [5, 5.41) is 0. The van der Waals surface area contributed by atoms with E-state index in [1.165, 1.54) is 0 Å². The predicted molar refractivity (Wildman–Crippen MR) is 121 cm³/mol. The monoisotopic (exact) mass is 490 g/mol. The van der Waals surface area contributed by atoms with Crippen molar-refractivity contribution in [2.24, 2.45) is 0 Å². The lowest BCUT2D eigenvalue weighted by Crippen LogP contribution is -2.49. The third-order valence-electron chi connectivity index (χ3n) is 5.36. The van der Waals surface area contributed by atoms with Crippen molar-refractivity contribution in [2.45, 2.75) is 39.2 Å². The molecule has 2 aromatic rings. The van der Waals surface area contributed by atoms with Gasteiger partial charge in [0.2, 0.25) is 0 Å². The van der Waals surface area contributed by atoms with Crippen molar-refractivity contribution < 1.29 is 9.59 Å². The molecule has 28 heavy (non-hydrogen) atoms. The van der Waals surface area contributed by atoms with E-state index < -0.39 is 0 Å². The molecule has 0 saturated carbocycles. The van der Waals surface area contributed by atoms with Crippen molar-refractivity contribution >= 4 is 34.4 Å². The van der Waals surface area contributed by atoms with Crippen molar-refractivity contribution in [3.63, 3.8) is 0 Å². The number of carbonyl (C=O) groups is 2. The van der Waals surface area contributed by atoms with Gasteiger partial charge in [0.25, 0.3) is 11.8 Å². The van der Waals surface area contributed by atoms with Crippen molar-refractivity contribution in [1.82, 2.24) is 9.80 Å². The minimum absolute atomic E-state index is 0.0839. The zero-order valence-corrected chi connectivity index (χ0v) is 18.7. The number of carbonyl (C=O) groups excluding carboxylic acids is 2. The molecule has 2 amide bonds. The highest BCUT2D eigenvalue weighted by Gasteiger charge is 2.30. The number of aryl methyl sites for hydroxylation is 1. The normalized spacial score (nSPS) is 14.8. The molecule has 0 atom stereocenters. The Morgan fingerprint density at radius 1 is 1.07 bits per heavy atom. The summed E-state index contributed by atoms with van der Waals surface area (Å²) in [6.45, 7) is 6.28. The number of hydrogen-bond donors (Lipinski definition) is 0. The fourth-order valence-electron chi connectivity index (χ4n) is 3.80. The summed E-state index contributed by atoms with van der Waals surface area (Å²) in [5.74, 6) is 0.198. The van der Waals surface area contributed by atoms with Crippen LogP contribution >= 0.6 is 22.6 Å². The van der Waals surface area contributed by atoms with E-state index in [0.29, 0.717) is 13.1 Å². The molecule has 148 valence electrons. The van der Waals surface area contributed by atoms with Crippen LogP contribution in [0.1, 0.15) is 52.5 Å². The first kappa shape index (κ1) is 20.8. The van der Waals surface area contributed by atoms with Crippen LogP contribution < -0.4 is 0 Å². The van der Waals surface area contributed by atoms with Gasteiger partial charge in [0.15, 0.2) is 0 Å². The number of likely N-dealkylation sites (tertiary alicyclic amines) is 1. The largest absolute Gasteiger partial charge is 0.338 e. The molecule has 3 rings (SSSR count). The van der Waals surface area contributed by atoms with Crippen molar-refractivity contribution in [1.29, 1.82) is 0 Å². The Morgan fingerprint density at radius 2 is 1.75 bits per heavy atom. The third-order valence-corrected chi connectivity index (χ3v) is 6.79. The zero-order valence-electron chi connectivity index (χ0n) is 16.5. The van der Waals surface area contributed by atoms with Gasteiger partial charge in [0.1, 0.15) is 0 Å². The molecule has 1 aliphatic rings. The maximum atomic E-state index is 13.3. The summed E-state index contributed by atoms with van der Waals surface area (Å²) < 4.78 is 1.03. The molecule has 4 nitrogen and oxygen atoms in total. The zero-order chi connectivity index (χ0) is 20.1. The fraction of sp³-hybridized carbons (Fsp3) is 0.391. The Bertz CT molecular complexity index is 830. The molecule has 1 fully saturated rings. The lowest BCUT2D eigenvalue weighted by molar-refractivity contribution is 0.0518. The van der Waals surface area contributed by atoms with Crippen LogP contribution in [0, 0.1) is 10.5 Å². The maximum Gasteiger partial charge on any atom is 0.255 e. The van der Waals surface area contributed by atoms with E-state index in [2.05, 4.69) is 29.5 Å². The summed E-state index contributed by atoms with van der Waals surface area (Å²) >= 11 is 2.27. The summed E-state index contributed by atoms with van der Waals surface area (Å²) in [4.78, 5) is 29.9. The Labute approximate surface area is 181 Å². The van der Waals surface area contributed by atoms with Gasteiger partial charge in [-0.25, -0.2) is 0 Å². The van der Waals surface area contributed by atoms with Gasteiger partial charge in [-0.05, 0) is 72.5 Å². The Morgan fingerprint density at radius 3 is 2.39 bits per heavy atom. The minimum Gasteiger partial charge on any atom is -0.338 e. The highest BCUT2D eigenvalue weighted by molar-refractivity contribution is 14.1. The number of nitrogens with zero attached hydrogens (tertiary/aromatic N) is 2. The second kappa shape index (κ2) is 9.54. The molecule has 0 spiro atoms. The van der Waals surface area contributed by atoms with Crippen molar-refractivity contribution in [3.05, 3.63) is 68.8 Å². The van der Waals surface area contributed by atoms with E-state index in [4.69, 9.17) is 0 Å². The molecular formula is C23H27IN2O2. The highest BCUT2D eigenvalue weighted by atomic mass is 127. The van der Waals surface area contributed by atoms with E-state index in [-0.39, 0.29) is 17.9 Å². The predicted octanol–water partition coefficient (Wildman–Crippen LogP) is 4.76. The van der Waals surface area contributed by atoms with Gasteiger partial charge in [-0.1, -0.05) is 37.3 Å². The lowest BCUT2D eigenvalue weighted by Gasteiger charge is -2.38. The topological polar surface area (TPSA) is 40.6 Å². The average molecular weight is 490 g/mol. The van der Waals surface area contributed by atoms with E-state index in [9.17, 15) is 9.59 Å². The summed E-state index contributed by atoms with van der Waals surface area (Å²) in [5.41, 5.74) is 2.65. The van der Waals surface area contributed by atoms with Crippen LogP contribution in [0.5, 0.6) is 0 Å². The quantitative estimate of drug-likeness (QED) is 0.568. The van der Waals surface area contributed by atoms with Crippen molar-refractivity contribution in [2.75, 3.05) is 19.6 Å². The van der Waals surface area contributed by atoms with Crippen LogP contribution in [0.15, 0.2) is 48.5 Å². The van der Waals surface area contributed by atoms with Gasteiger partial charge < -0.3 is 9.80 Å². The number of rotatable bonds is 5. The summed E-state index contributed by atoms with van der Waals surface area (Å²) in [6, 6.07) is 15.5. The van der Waals surface area contributed by atoms with Crippen LogP contribution in [-0.4, -0.2) is 47.3 Å². The second-order valence-electron chi connectivity index (χ2n) is 7.32. The standard InChI is InChI=1S/C23H27IN2O2/c1-3-14-26(23(28)20-11-7-8-17(2)21(20)24)19-12-15-25(16-13-19)22(27)18-9-5-4-6-10-18/h4-11,19H,3,12-16H2,1-2H3. The fourth-order valence-corrected chi connectivity index (χ4v) is 4.39. The molecule has 1 heterocycles. The smallest absolute Gasteiger partial charge is 0.255 e. The SMILES string of the molecule is CCCN(C(=O)c1cccc(C)c1I)C1CCN(C(=O)c2ccccc2)CC1. The number of amides is 2. The molecule has 1 saturated heterocycles.